The van der Waals surface area contributed by atoms with Crippen molar-refractivity contribution in [3.8, 4) is 5.75 Å². The highest BCUT2D eigenvalue weighted by atomic mass is 19.4. The van der Waals surface area contributed by atoms with E-state index in [0.717, 1.165) is 6.42 Å². The topological polar surface area (TPSA) is 56.8 Å². The summed E-state index contributed by atoms with van der Waals surface area (Å²) in [5.41, 5.74) is 0.684. The number of rotatable bonds is 9. The lowest BCUT2D eigenvalue weighted by Crippen LogP contribution is -2.41. The Morgan fingerprint density at radius 2 is 1.92 bits per heavy atom. The Balaban J connectivity index is 2.46. The average molecular weight is 349 g/mol. The Hall–Kier alpha value is -1.96. The maximum Gasteiger partial charge on any atom is 0.427 e. The minimum Gasteiger partial charge on any atom is -0.497 e. The van der Waals surface area contributed by atoms with E-state index in [9.17, 15) is 18.0 Å². The zero-order valence-corrected chi connectivity index (χ0v) is 13.7. The van der Waals surface area contributed by atoms with Crippen molar-refractivity contribution in [2.24, 2.45) is 0 Å². The molecule has 0 fully saturated rings. The van der Waals surface area contributed by atoms with Crippen molar-refractivity contribution in [1.82, 2.24) is 5.32 Å². The summed E-state index contributed by atoms with van der Waals surface area (Å²) in [4.78, 5) is 11.4. The summed E-state index contributed by atoms with van der Waals surface area (Å²) >= 11 is 0. The summed E-state index contributed by atoms with van der Waals surface area (Å²) in [7, 11) is 1.52. The number of alkyl carbamates (subject to hydrolysis) is 1. The van der Waals surface area contributed by atoms with Crippen LogP contribution in [0.3, 0.4) is 0 Å². The highest BCUT2D eigenvalue weighted by molar-refractivity contribution is 5.67. The van der Waals surface area contributed by atoms with E-state index >= 15 is 0 Å². The quantitative estimate of drug-likeness (QED) is 0.691. The van der Waals surface area contributed by atoms with E-state index in [4.69, 9.17) is 9.47 Å². The Bertz CT molecular complexity index is 491. The number of nitrogens with one attached hydrogen (secondary N) is 1. The number of unbranched alkanes of at least 4 members (excludes halogenated alkanes) is 1. The molecule has 24 heavy (non-hydrogen) atoms. The molecule has 0 heterocycles. The van der Waals surface area contributed by atoms with Gasteiger partial charge in [0.1, 0.15) is 5.75 Å². The van der Waals surface area contributed by atoms with Crippen molar-refractivity contribution in [3.05, 3.63) is 29.8 Å². The van der Waals surface area contributed by atoms with Crippen molar-refractivity contribution >= 4 is 6.09 Å². The van der Waals surface area contributed by atoms with Crippen LogP contribution in [-0.4, -0.2) is 38.6 Å². The van der Waals surface area contributed by atoms with Gasteiger partial charge in [0.25, 0.3) is 0 Å². The molecular formula is C16H22F3NO4. The number of ether oxygens (including phenoxy) is 3. The van der Waals surface area contributed by atoms with Crippen molar-refractivity contribution in [1.29, 1.82) is 0 Å². The Morgan fingerprint density at radius 1 is 1.25 bits per heavy atom. The van der Waals surface area contributed by atoms with Crippen molar-refractivity contribution in [2.45, 2.75) is 38.7 Å². The number of methoxy groups -OCH3 is 1. The summed E-state index contributed by atoms with van der Waals surface area (Å²) in [5, 5.41) is 2.28. The standard InChI is InChI=1S/C16H22F3NO4/c1-3-4-9-20-15(21)24-14(16(17,18)19)11-23-10-12-5-7-13(22-2)8-6-12/h5-8,14H,3-4,9-11H2,1-2H3,(H,20,21)/t14-/m1/s1. The van der Waals surface area contributed by atoms with Gasteiger partial charge in [0.2, 0.25) is 6.10 Å². The SMILES string of the molecule is CCCCNC(=O)O[C@H](COCc1ccc(OC)cc1)C(F)(F)F. The van der Waals surface area contributed by atoms with Gasteiger partial charge in [-0.2, -0.15) is 13.2 Å². The van der Waals surface area contributed by atoms with Gasteiger partial charge >= 0.3 is 12.3 Å². The molecule has 0 spiro atoms. The molecule has 8 heteroatoms. The monoisotopic (exact) mass is 349 g/mol. The van der Waals surface area contributed by atoms with E-state index in [-0.39, 0.29) is 13.2 Å². The van der Waals surface area contributed by atoms with Gasteiger partial charge in [-0.1, -0.05) is 25.5 Å². The van der Waals surface area contributed by atoms with Crippen molar-refractivity contribution in [2.75, 3.05) is 20.3 Å². The molecule has 0 bridgehead atoms. The van der Waals surface area contributed by atoms with E-state index in [1.54, 1.807) is 24.3 Å². The van der Waals surface area contributed by atoms with Gasteiger partial charge in [0.15, 0.2) is 0 Å². The average Bonchev–Trinajstić information content (AvgIpc) is 2.54. The van der Waals surface area contributed by atoms with E-state index in [1.807, 2.05) is 6.92 Å². The smallest absolute Gasteiger partial charge is 0.427 e. The number of hydrogen-bond acceptors (Lipinski definition) is 4. The Kier molecular flexibility index (Phi) is 8.39. The second kappa shape index (κ2) is 10.0. The van der Waals surface area contributed by atoms with E-state index in [0.29, 0.717) is 17.7 Å². The van der Waals surface area contributed by atoms with Gasteiger partial charge < -0.3 is 19.5 Å². The highest BCUT2D eigenvalue weighted by Gasteiger charge is 2.43. The molecule has 1 amide bonds. The molecular weight excluding hydrogens is 327 g/mol. The van der Waals surface area contributed by atoms with Gasteiger partial charge in [-0.15, -0.1) is 0 Å². The van der Waals surface area contributed by atoms with Crippen LogP contribution in [-0.2, 0) is 16.1 Å². The highest BCUT2D eigenvalue weighted by Crippen LogP contribution is 2.24. The molecule has 1 aromatic rings. The number of alkyl halides is 3. The maximum absolute atomic E-state index is 12.9. The first-order chi connectivity index (χ1) is 11.4. The van der Waals surface area contributed by atoms with Gasteiger partial charge in [-0.25, -0.2) is 4.79 Å². The fourth-order valence-corrected chi connectivity index (χ4v) is 1.74. The number of hydrogen-bond donors (Lipinski definition) is 1. The molecule has 0 saturated carbocycles. The molecule has 0 aliphatic rings. The van der Waals surface area contributed by atoms with Gasteiger partial charge in [-0.05, 0) is 24.1 Å². The van der Waals surface area contributed by atoms with Gasteiger partial charge in [-0.3, -0.25) is 0 Å². The number of benzene rings is 1. The Morgan fingerprint density at radius 3 is 2.46 bits per heavy atom. The van der Waals surface area contributed by atoms with Crippen LogP contribution in [0.2, 0.25) is 0 Å². The minimum absolute atomic E-state index is 0.0304. The lowest BCUT2D eigenvalue weighted by Gasteiger charge is -2.21. The van der Waals surface area contributed by atoms with Gasteiger partial charge in [0, 0.05) is 6.54 Å². The molecule has 1 aromatic carbocycles. The predicted octanol–water partition coefficient (Wildman–Crippen LogP) is 3.67. The molecule has 1 rings (SSSR count). The third-order valence-electron chi connectivity index (χ3n) is 3.11. The van der Waals surface area contributed by atoms with Crippen LogP contribution >= 0.6 is 0 Å². The minimum atomic E-state index is -4.69. The van der Waals surface area contributed by atoms with Crippen LogP contribution in [0.25, 0.3) is 0 Å². The van der Waals surface area contributed by atoms with Gasteiger partial charge in [0.05, 0.1) is 20.3 Å². The first-order valence-electron chi connectivity index (χ1n) is 7.58. The van der Waals surface area contributed by atoms with Crippen LogP contribution in [0.15, 0.2) is 24.3 Å². The molecule has 1 atom stereocenters. The fourth-order valence-electron chi connectivity index (χ4n) is 1.74. The van der Waals surface area contributed by atoms with Crippen LogP contribution in [0, 0.1) is 0 Å². The number of carbonyl (C=O) groups is 1. The molecule has 0 saturated heterocycles. The molecule has 1 N–H and O–H groups in total. The summed E-state index contributed by atoms with van der Waals surface area (Å²) in [6.07, 6.45) is -6.62. The number of carbonyl (C=O) groups excluding carboxylic acids is 1. The van der Waals surface area contributed by atoms with E-state index in [2.05, 4.69) is 10.1 Å². The molecule has 5 nitrogen and oxygen atoms in total. The van der Waals surface area contributed by atoms with Crippen LogP contribution in [0.4, 0.5) is 18.0 Å². The van der Waals surface area contributed by atoms with Crippen LogP contribution < -0.4 is 10.1 Å². The summed E-state index contributed by atoms with van der Waals surface area (Å²) in [5.74, 6) is 0.638. The molecule has 0 radical (unpaired) electrons. The molecule has 0 aliphatic carbocycles. The normalized spacial score (nSPS) is 12.5. The van der Waals surface area contributed by atoms with Crippen molar-refractivity contribution in [3.63, 3.8) is 0 Å². The first kappa shape index (κ1) is 20.1. The zero-order valence-electron chi connectivity index (χ0n) is 13.7. The maximum atomic E-state index is 12.9. The fraction of sp³-hybridized carbons (Fsp3) is 0.562. The van der Waals surface area contributed by atoms with E-state index < -0.39 is 25.0 Å². The largest absolute Gasteiger partial charge is 0.497 e. The van der Waals surface area contributed by atoms with E-state index in [1.165, 1.54) is 7.11 Å². The zero-order chi connectivity index (χ0) is 18.0. The first-order valence-corrected chi connectivity index (χ1v) is 7.58. The molecule has 0 aliphatic heterocycles. The predicted molar refractivity (Wildman–Crippen MR) is 81.9 cm³/mol. The lowest BCUT2D eigenvalue weighted by molar-refractivity contribution is -0.217. The van der Waals surface area contributed by atoms with Crippen LogP contribution in [0.5, 0.6) is 5.75 Å². The molecule has 0 unspecified atom stereocenters. The third-order valence-corrected chi connectivity index (χ3v) is 3.11. The second-order valence-electron chi connectivity index (χ2n) is 5.08. The van der Waals surface area contributed by atoms with Crippen molar-refractivity contribution < 1.29 is 32.2 Å². The summed E-state index contributed by atoms with van der Waals surface area (Å²) in [6, 6.07) is 6.72. The summed E-state index contributed by atoms with van der Waals surface area (Å²) in [6.45, 7) is 1.37. The molecule has 136 valence electrons. The molecule has 0 aromatic heterocycles. The number of halogens is 3. The second-order valence-corrected chi connectivity index (χ2v) is 5.08. The van der Waals surface area contributed by atoms with Crippen LogP contribution in [0.1, 0.15) is 25.3 Å². The summed E-state index contributed by atoms with van der Waals surface area (Å²) < 4.78 is 53.1. The third kappa shape index (κ3) is 7.54. The number of amides is 1. The lowest BCUT2D eigenvalue weighted by atomic mass is 10.2. The Labute approximate surface area is 139 Å².